The number of nitrogens with zero attached hydrogens (tertiary/aromatic N) is 2. The number of aliphatic imine (C=N–C) groups is 1. The minimum atomic E-state index is -5.05. The summed E-state index contributed by atoms with van der Waals surface area (Å²) < 4.78 is 23.0. The highest BCUT2D eigenvalue weighted by Gasteiger charge is 2.62. The van der Waals surface area contributed by atoms with Crippen molar-refractivity contribution in [2.75, 3.05) is 18.8 Å². The molecule has 4 N–H and O–H groups in total. The lowest BCUT2D eigenvalue weighted by molar-refractivity contribution is 0.279. The molecule has 0 aromatic rings. The van der Waals surface area contributed by atoms with Crippen LogP contribution >= 0.6 is 27.0 Å². The van der Waals surface area contributed by atoms with Crippen LogP contribution in [0, 0.1) is 0 Å². The van der Waals surface area contributed by atoms with E-state index in [1.54, 1.807) is 4.90 Å². The molecule has 0 aliphatic carbocycles. The Balaban J connectivity index is 2.51. The minimum absolute atomic E-state index is 0.196. The molecule has 0 aromatic carbocycles. The molecular formula is C7H14N2O6P2S. The Bertz CT molecular complexity index is 449. The molecule has 2 heterocycles. The third-order valence-corrected chi connectivity index (χ3v) is 8.18. The number of hydrogen-bond donors (Lipinski definition) is 4. The van der Waals surface area contributed by atoms with Gasteiger partial charge >= 0.3 is 15.2 Å². The van der Waals surface area contributed by atoms with Gasteiger partial charge in [0.05, 0.1) is 0 Å². The summed E-state index contributed by atoms with van der Waals surface area (Å²) in [5, 5.41) is -2.28. The zero-order chi connectivity index (χ0) is 13.6. The predicted molar refractivity (Wildman–Crippen MR) is 67.5 cm³/mol. The highest BCUT2D eigenvalue weighted by atomic mass is 32.2. The van der Waals surface area contributed by atoms with E-state index in [9.17, 15) is 28.7 Å². The van der Waals surface area contributed by atoms with Gasteiger partial charge in [0, 0.05) is 25.3 Å². The van der Waals surface area contributed by atoms with E-state index in [4.69, 9.17) is 0 Å². The average Bonchev–Trinajstić information content (AvgIpc) is 2.25. The van der Waals surface area contributed by atoms with Crippen molar-refractivity contribution in [1.29, 1.82) is 0 Å². The van der Waals surface area contributed by atoms with Crippen LogP contribution in [-0.2, 0) is 9.13 Å². The fraction of sp³-hybridized carbons (Fsp3) is 0.857. The Kier molecular flexibility index (Phi) is 3.71. The van der Waals surface area contributed by atoms with Crippen LogP contribution in [-0.4, -0.2) is 53.5 Å². The predicted octanol–water partition coefficient (Wildman–Crippen LogP) is 0.194. The lowest BCUT2D eigenvalue weighted by Crippen LogP contribution is -2.45. The van der Waals surface area contributed by atoms with E-state index in [0.717, 1.165) is 12.2 Å². The topological polar surface area (TPSA) is 131 Å². The van der Waals surface area contributed by atoms with Crippen molar-refractivity contribution < 1.29 is 28.7 Å². The van der Waals surface area contributed by atoms with Crippen LogP contribution in [0.1, 0.15) is 12.8 Å². The normalized spacial score (nSPS) is 24.4. The third kappa shape index (κ3) is 2.29. The molecule has 1 fully saturated rings. The molecule has 2 rings (SSSR count). The molecule has 0 bridgehead atoms. The summed E-state index contributed by atoms with van der Waals surface area (Å²) in [6, 6.07) is 0. The molecule has 11 heteroatoms. The molecular weight excluding hydrogens is 302 g/mol. The van der Waals surface area contributed by atoms with Crippen LogP contribution in [0.15, 0.2) is 4.99 Å². The summed E-state index contributed by atoms with van der Waals surface area (Å²) in [6.45, 7) is 0.895. The van der Waals surface area contributed by atoms with Crippen LogP contribution in [0.4, 0.5) is 0 Å². The van der Waals surface area contributed by atoms with Gasteiger partial charge in [0.25, 0.3) is 5.02 Å². The Labute approximate surface area is 108 Å². The fourth-order valence-corrected chi connectivity index (χ4v) is 5.77. The Morgan fingerprint density at radius 3 is 2.33 bits per heavy atom. The molecule has 18 heavy (non-hydrogen) atoms. The highest BCUT2D eigenvalue weighted by molar-refractivity contribution is 8.13. The van der Waals surface area contributed by atoms with E-state index in [-0.39, 0.29) is 13.0 Å². The molecule has 1 saturated heterocycles. The van der Waals surface area contributed by atoms with Crippen molar-refractivity contribution in [3.8, 4) is 0 Å². The average molecular weight is 316 g/mol. The second-order valence-corrected chi connectivity index (χ2v) is 9.27. The number of hydrogen-bond acceptors (Lipinski definition) is 5. The number of fused-ring (bicyclic) bond motifs is 1. The summed E-state index contributed by atoms with van der Waals surface area (Å²) in [5.74, 6) is 0.730. The SMILES string of the molecule is O=P(O)(O)C1(P(=O)(O)O)CCN2CCCSC2=N1. The Morgan fingerprint density at radius 2 is 1.78 bits per heavy atom. The van der Waals surface area contributed by atoms with Crippen molar-refractivity contribution in [2.45, 2.75) is 17.9 Å². The first-order valence-corrected chi connectivity index (χ1v) is 9.47. The maximum atomic E-state index is 11.5. The maximum absolute atomic E-state index is 11.5. The Morgan fingerprint density at radius 1 is 1.17 bits per heavy atom. The van der Waals surface area contributed by atoms with E-state index in [1.165, 1.54) is 11.8 Å². The summed E-state index contributed by atoms with van der Waals surface area (Å²) in [4.78, 5) is 42.8. The van der Waals surface area contributed by atoms with Crippen LogP contribution in [0.2, 0.25) is 0 Å². The molecule has 0 spiro atoms. The van der Waals surface area contributed by atoms with Crippen molar-refractivity contribution in [2.24, 2.45) is 4.99 Å². The first kappa shape index (κ1) is 14.5. The van der Waals surface area contributed by atoms with Crippen molar-refractivity contribution in [3.63, 3.8) is 0 Å². The smallest absolute Gasteiger partial charge is 0.351 e. The molecule has 0 saturated carbocycles. The molecule has 2 aliphatic heterocycles. The molecule has 0 atom stereocenters. The number of thioether (sulfide) groups is 1. The van der Waals surface area contributed by atoms with Gasteiger partial charge < -0.3 is 24.5 Å². The van der Waals surface area contributed by atoms with Crippen molar-refractivity contribution in [3.05, 3.63) is 0 Å². The third-order valence-electron chi connectivity index (χ3n) is 3.00. The largest absolute Gasteiger partial charge is 0.365 e. The van der Waals surface area contributed by atoms with Crippen LogP contribution in [0.5, 0.6) is 0 Å². The van der Waals surface area contributed by atoms with Gasteiger partial charge in [-0.1, -0.05) is 11.8 Å². The van der Waals surface area contributed by atoms with E-state index in [0.29, 0.717) is 11.7 Å². The second kappa shape index (κ2) is 4.59. The van der Waals surface area contributed by atoms with Gasteiger partial charge in [-0.3, -0.25) is 9.13 Å². The van der Waals surface area contributed by atoms with Gasteiger partial charge in [-0.15, -0.1) is 0 Å². The number of rotatable bonds is 2. The van der Waals surface area contributed by atoms with Gasteiger partial charge in [-0.05, 0) is 6.42 Å². The Hall–Kier alpha value is 0.120. The van der Waals surface area contributed by atoms with E-state index in [2.05, 4.69) is 4.99 Å². The monoisotopic (exact) mass is 316 g/mol. The molecule has 104 valence electrons. The fourth-order valence-electron chi connectivity index (χ4n) is 2.00. The minimum Gasteiger partial charge on any atom is -0.351 e. The quantitative estimate of drug-likeness (QED) is 0.531. The molecule has 0 amide bonds. The van der Waals surface area contributed by atoms with Crippen LogP contribution in [0.25, 0.3) is 0 Å². The molecule has 0 radical (unpaired) electrons. The molecule has 0 aromatic heterocycles. The van der Waals surface area contributed by atoms with Crippen LogP contribution < -0.4 is 0 Å². The van der Waals surface area contributed by atoms with Crippen molar-refractivity contribution in [1.82, 2.24) is 4.90 Å². The van der Waals surface area contributed by atoms with Gasteiger partial charge in [0.2, 0.25) is 0 Å². The zero-order valence-corrected chi connectivity index (χ0v) is 11.9. The first-order chi connectivity index (χ1) is 8.17. The highest BCUT2D eigenvalue weighted by Crippen LogP contribution is 2.72. The molecule has 0 unspecified atom stereocenters. The number of amidine groups is 1. The summed E-state index contributed by atoms with van der Waals surface area (Å²) in [7, 11) is -10.1. The zero-order valence-electron chi connectivity index (χ0n) is 9.34. The van der Waals surface area contributed by atoms with Crippen molar-refractivity contribution >= 4 is 32.1 Å². The maximum Gasteiger partial charge on any atom is 0.365 e. The lowest BCUT2D eigenvalue weighted by atomic mass is 10.3. The molecule has 8 nitrogen and oxygen atoms in total. The van der Waals surface area contributed by atoms with E-state index < -0.39 is 20.2 Å². The van der Waals surface area contributed by atoms with E-state index in [1.807, 2.05) is 0 Å². The first-order valence-electron chi connectivity index (χ1n) is 5.26. The van der Waals surface area contributed by atoms with Crippen LogP contribution in [0.3, 0.4) is 0 Å². The lowest BCUT2D eigenvalue weighted by Gasteiger charge is -2.41. The van der Waals surface area contributed by atoms with Gasteiger partial charge in [-0.25, -0.2) is 4.99 Å². The van der Waals surface area contributed by atoms with E-state index >= 15 is 0 Å². The second-order valence-electron chi connectivity index (χ2n) is 4.20. The molecule has 2 aliphatic rings. The summed E-state index contributed by atoms with van der Waals surface area (Å²) in [5.41, 5.74) is 0. The van der Waals surface area contributed by atoms with Gasteiger partial charge in [-0.2, -0.15) is 0 Å². The van der Waals surface area contributed by atoms with Gasteiger partial charge in [0.1, 0.15) is 0 Å². The standard InChI is InChI=1S/C7H14N2O6P2S/c10-16(11,12)7(17(13,14)15)2-4-9-3-1-5-18-6(9)8-7/h1-5H2,(H2,10,11,12)(H2,13,14,15). The van der Waals surface area contributed by atoms with Gasteiger partial charge in [0.15, 0.2) is 5.17 Å². The summed E-state index contributed by atoms with van der Waals surface area (Å²) in [6.07, 6.45) is 0.578. The summed E-state index contributed by atoms with van der Waals surface area (Å²) >= 11 is 1.27.